The molecule has 5 aromatic rings. The number of fused-ring (bicyclic) bond motifs is 4. The first-order valence-electron chi connectivity index (χ1n) is 15.5. The lowest BCUT2D eigenvalue weighted by Crippen LogP contribution is -2.41. The van der Waals surface area contributed by atoms with Crippen molar-refractivity contribution in [2.75, 3.05) is 13.7 Å². The number of piperidine rings is 1. The fraction of sp³-hybridized carbons (Fsp3) is 0.353. The van der Waals surface area contributed by atoms with Crippen LogP contribution in [0.15, 0.2) is 65.6 Å². The van der Waals surface area contributed by atoms with E-state index in [0.717, 1.165) is 58.5 Å². The molecule has 45 heavy (non-hydrogen) atoms. The SMILES string of the molecule is COc1cc(C(=O)N2CC3CCC2[C@@H]3N)cc2nc(-c3cc4ccc(-c5ccc(S(N)(=O)=O)cc5)cc4n3CC3CC3)n(C)c12. The van der Waals surface area contributed by atoms with Gasteiger partial charge in [0.1, 0.15) is 11.3 Å². The summed E-state index contributed by atoms with van der Waals surface area (Å²) in [6.45, 7) is 1.58. The van der Waals surface area contributed by atoms with Crippen molar-refractivity contribution in [1.29, 1.82) is 0 Å². The molecule has 0 spiro atoms. The van der Waals surface area contributed by atoms with Crippen molar-refractivity contribution >= 4 is 37.9 Å². The van der Waals surface area contributed by atoms with E-state index in [4.69, 9.17) is 20.6 Å². The van der Waals surface area contributed by atoms with Crippen LogP contribution in [-0.2, 0) is 23.6 Å². The zero-order chi connectivity index (χ0) is 31.2. The summed E-state index contributed by atoms with van der Waals surface area (Å²) in [6.07, 6.45) is 4.43. The largest absolute Gasteiger partial charge is 0.494 e. The van der Waals surface area contributed by atoms with Crippen LogP contribution in [-0.4, -0.2) is 59.1 Å². The maximum absolute atomic E-state index is 13.7. The van der Waals surface area contributed by atoms with E-state index >= 15 is 0 Å². The molecular weight excluding hydrogens is 588 g/mol. The highest BCUT2D eigenvalue weighted by Crippen LogP contribution is 2.41. The van der Waals surface area contributed by atoms with Gasteiger partial charge in [-0.25, -0.2) is 18.5 Å². The smallest absolute Gasteiger partial charge is 0.254 e. The molecule has 2 aliphatic carbocycles. The van der Waals surface area contributed by atoms with Gasteiger partial charge in [0.05, 0.1) is 23.2 Å². The van der Waals surface area contributed by atoms with Crippen LogP contribution < -0.4 is 15.6 Å². The molecule has 1 saturated heterocycles. The number of methoxy groups -OCH3 is 1. The molecule has 11 heteroatoms. The highest BCUT2D eigenvalue weighted by molar-refractivity contribution is 7.89. The summed E-state index contributed by atoms with van der Waals surface area (Å²) >= 11 is 0. The van der Waals surface area contributed by atoms with Gasteiger partial charge in [0.2, 0.25) is 10.0 Å². The Kier molecular flexibility index (Phi) is 6.39. The van der Waals surface area contributed by atoms with Crippen LogP contribution in [0, 0.1) is 11.8 Å². The topological polar surface area (TPSA) is 138 Å². The zero-order valence-corrected chi connectivity index (χ0v) is 26.1. The lowest BCUT2D eigenvalue weighted by Gasteiger charge is -2.27. The molecule has 3 aromatic carbocycles. The second-order valence-corrected chi connectivity index (χ2v) is 14.5. The number of imidazole rings is 1. The van der Waals surface area contributed by atoms with E-state index < -0.39 is 10.0 Å². The molecule has 4 N–H and O–H groups in total. The summed E-state index contributed by atoms with van der Waals surface area (Å²) in [6, 6.07) is 19.0. The van der Waals surface area contributed by atoms with Crippen molar-refractivity contribution in [3.8, 4) is 28.4 Å². The highest BCUT2D eigenvalue weighted by atomic mass is 32.2. The van der Waals surface area contributed by atoms with E-state index in [-0.39, 0.29) is 22.9 Å². The number of carbonyl (C=O) groups is 1. The number of hydrogen-bond acceptors (Lipinski definition) is 6. The number of nitrogens with two attached hydrogens (primary N) is 2. The fourth-order valence-corrected chi connectivity index (χ4v) is 7.99. The monoisotopic (exact) mass is 624 g/mol. The quantitative estimate of drug-likeness (QED) is 0.274. The molecule has 3 atom stereocenters. The average molecular weight is 625 g/mol. The molecular formula is C34H36N6O4S. The standard InChI is InChI=1S/C34H36N6O4S/c1-38-32-26(13-24(16-30(32)44-2)34(41)40-18-23-9-12-27(40)31(23)35)37-33(38)29-15-22-6-5-21(14-28(22)39(29)17-19-3-4-19)20-7-10-25(11-8-20)45(36,42)43/h5-8,10-11,13-16,19,23,27,31H,3-4,9,12,17-18,35H2,1-2H3,(H2,36,42,43)/t23?,27?,31-/m1/s1. The summed E-state index contributed by atoms with van der Waals surface area (Å²) in [5, 5.41) is 6.40. The Morgan fingerprint density at radius 1 is 1.00 bits per heavy atom. The van der Waals surface area contributed by atoms with Gasteiger partial charge >= 0.3 is 0 Å². The minimum absolute atomic E-state index is 0.0162. The first-order chi connectivity index (χ1) is 21.6. The van der Waals surface area contributed by atoms with Gasteiger partial charge in [-0.3, -0.25) is 4.79 Å². The van der Waals surface area contributed by atoms with Crippen LogP contribution in [0.25, 0.3) is 44.6 Å². The summed E-state index contributed by atoms with van der Waals surface area (Å²) in [4.78, 5) is 20.9. The number of amides is 1. The van der Waals surface area contributed by atoms with Gasteiger partial charge in [-0.15, -0.1) is 0 Å². The molecule has 8 rings (SSSR count). The predicted molar refractivity (Wildman–Crippen MR) is 173 cm³/mol. The van der Waals surface area contributed by atoms with Crippen molar-refractivity contribution in [2.45, 2.75) is 49.2 Å². The van der Waals surface area contributed by atoms with Crippen molar-refractivity contribution in [3.05, 3.63) is 66.2 Å². The summed E-state index contributed by atoms with van der Waals surface area (Å²) in [5.74, 6) is 2.37. The van der Waals surface area contributed by atoms with Gasteiger partial charge < -0.3 is 24.5 Å². The van der Waals surface area contributed by atoms with Crippen LogP contribution in [0.1, 0.15) is 36.0 Å². The normalized spacial score (nSPS) is 21.3. The number of aryl methyl sites for hydroxylation is 1. The zero-order valence-electron chi connectivity index (χ0n) is 25.3. The molecule has 0 radical (unpaired) electrons. The minimum Gasteiger partial charge on any atom is -0.494 e. The number of rotatable bonds is 7. The third-order valence-electron chi connectivity index (χ3n) is 10.1. The summed E-state index contributed by atoms with van der Waals surface area (Å²) < 4.78 is 33.8. The number of aromatic nitrogens is 3. The fourth-order valence-electron chi connectivity index (χ4n) is 7.48. The number of ether oxygens (including phenoxy) is 1. The van der Waals surface area contributed by atoms with Crippen molar-refractivity contribution in [2.24, 2.45) is 29.8 Å². The van der Waals surface area contributed by atoms with Crippen molar-refractivity contribution in [1.82, 2.24) is 19.0 Å². The van der Waals surface area contributed by atoms with Crippen LogP contribution in [0.4, 0.5) is 0 Å². The summed E-state index contributed by atoms with van der Waals surface area (Å²) in [7, 11) is -0.142. The maximum atomic E-state index is 13.7. The number of carbonyl (C=O) groups excluding carboxylic acids is 1. The number of sulfonamides is 1. The molecule has 3 fully saturated rings. The van der Waals surface area contributed by atoms with E-state index in [1.165, 1.54) is 25.0 Å². The molecule has 2 bridgehead atoms. The second-order valence-electron chi connectivity index (χ2n) is 12.9. The first-order valence-corrected chi connectivity index (χ1v) is 17.0. The number of hydrogen-bond donors (Lipinski definition) is 2. The molecule has 232 valence electrons. The number of likely N-dealkylation sites (tertiary alicyclic amines) is 1. The number of benzene rings is 3. The summed E-state index contributed by atoms with van der Waals surface area (Å²) in [5.41, 5.74) is 12.5. The molecule has 2 aromatic heterocycles. The van der Waals surface area contributed by atoms with Crippen LogP contribution >= 0.6 is 0 Å². The lowest BCUT2D eigenvalue weighted by molar-refractivity contribution is 0.0700. The third kappa shape index (κ3) is 4.63. The Morgan fingerprint density at radius 2 is 1.76 bits per heavy atom. The van der Waals surface area contributed by atoms with Gasteiger partial charge in [0.25, 0.3) is 5.91 Å². The van der Waals surface area contributed by atoms with Gasteiger partial charge in [-0.2, -0.15) is 0 Å². The van der Waals surface area contributed by atoms with Crippen LogP contribution in [0.5, 0.6) is 5.75 Å². The number of primary sulfonamides is 1. The Morgan fingerprint density at radius 3 is 2.40 bits per heavy atom. The van der Waals surface area contributed by atoms with E-state index in [9.17, 15) is 13.2 Å². The molecule has 2 saturated carbocycles. The molecule has 3 aliphatic rings. The molecule has 3 heterocycles. The molecule has 1 amide bonds. The molecule has 1 aliphatic heterocycles. The van der Waals surface area contributed by atoms with E-state index in [1.807, 2.05) is 30.1 Å². The van der Waals surface area contributed by atoms with Gasteiger partial charge in [-0.05, 0) is 85.0 Å². The third-order valence-corrected chi connectivity index (χ3v) is 11.0. The Balaban J connectivity index is 1.22. The van der Waals surface area contributed by atoms with Crippen molar-refractivity contribution in [3.63, 3.8) is 0 Å². The van der Waals surface area contributed by atoms with Gasteiger partial charge in [0, 0.05) is 48.7 Å². The Labute approximate surface area is 261 Å². The Bertz CT molecular complexity index is 2110. The van der Waals surface area contributed by atoms with Crippen LogP contribution in [0.3, 0.4) is 0 Å². The molecule has 2 unspecified atom stereocenters. The van der Waals surface area contributed by atoms with Gasteiger partial charge in [-0.1, -0.05) is 24.3 Å². The van der Waals surface area contributed by atoms with Crippen LogP contribution in [0.2, 0.25) is 0 Å². The Hall–Kier alpha value is -4.19. The second kappa shape index (κ2) is 10.2. The maximum Gasteiger partial charge on any atom is 0.254 e. The average Bonchev–Trinajstić information content (AvgIpc) is 3.44. The first kappa shape index (κ1) is 28.3. The predicted octanol–water partition coefficient (Wildman–Crippen LogP) is 4.49. The minimum atomic E-state index is -3.76. The van der Waals surface area contributed by atoms with E-state index in [2.05, 4.69) is 27.3 Å². The lowest BCUT2D eigenvalue weighted by atomic mass is 10.0. The highest BCUT2D eigenvalue weighted by Gasteiger charge is 2.47. The molecule has 10 nitrogen and oxygen atoms in total. The van der Waals surface area contributed by atoms with E-state index in [0.29, 0.717) is 35.2 Å². The van der Waals surface area contributed by atoms with E-state index in [1.54, 1.807) is 19.2 Å². The van der Waals surface area contributed by atoms with Crippen molar-refractivity contribution < 1.29 is 17.9 Å². The number of nitrogens with zero attached hydrogens (tertiary/aromatic N) is 4. The van der Waals surface area contributed by atoms with Gasteiger partial charge in [0.15, 0.2) is 5.82 Å².